The van der Waals surface area contributed by atoms with E-state index in [1.165, 1.54) is 0 Å². The Labute approximate surface area is 133 Å². The molecule has 0 saturated heterocycles. The Bertz CT molecular complexity index is 509. The second-order valence-electron chi connectivity index (χ2n) is 5.85. The molecule has 1 amide bonds. The highest BCUT2D eigenvalue weighted by molar-refractivity contribution is 5.98. The van der Waals surface area contributed by atoms with Crippen LogP contribution in [0.1, 0.15) is 54.6 Å². The summed E-state index contributed by atoms with van der Waals surface area (Å²) in [6, 6.07) is 5.65. The number of Topliss-reactive ketones (excluding diaryl/α,β-unsaturated/α-hetero) is 1. The van der Waals surface area contributed by atoms with Gasteiger partial charge in [-0.2, -0.15) is 0 Å². The number of ketones is 1. The van der Waals surface area contributed by atoms with Crippen LogP contribution in [0.25, 0.3) is 0 Å². The predicted molar refractivity (Wildman–Crippen MR) is 88.2 cm³/mol. The van der Waals surface area contributed by atoms with Gasteiger partial charge in [0.25, 0.3) is 0 Å². The van der Waals surface area contributed by atoms with Crippen molar-refractivity contribution in [2.24, 2.45) is 0 Å². The number of aryl methyl sites for hydroxylation is 2. The average Bonchev–Trinajstić information content (AvgIpc) is 2.47. The molecule has 1 aromatic carbocycles. The molecule has 0 aliphatic heterocycles. The minimum Gasteiger partial charge on any atom is -0.379 e. The fraction of sp³-hybridized carbons (Fsp3) is 0.556. The molecule has 0 atom stereocenters. The standard InChI is InChI=1S/C18H27NO3/c1-13(2)22-11-5-10-19-18(21)9-8-17(20)16-7-6-14(3)15(4)12-16/h6-7,12-13H,5,8-11H2,1-4H3,(H,19,21). The zero-order valence-electron chi connectivity index (χ0n) is 14.1. The van der Waals surface area contributed by atoms with Crippen molar-refractivity contribution in [2.75, 3.05) is 13.2 Å². The van der Waals surface area contributed by atoms with Crippen LogP contribution in [0.4, 0.5) is 0 Å². The van der Waals surface area contributed by atoms with E-state index in [9.17, 15) is 9.59 Å². The van der Waals surface area contributed by atoms with E-state index in [0.29, 0.717) is 18.7 Å². The van der Waals surface area contributed by atoms with Gasteiger partial charge in [0.05, 0.1) is 6.10 Å². The minimum atomic E-state index is -0.0817. The maximum absolute atomic E-state index is 12.1. The van der Waals surface area contributed by atoms with Gasteiger partial charge >= 0.3 is 0 Å². The SMILES string of the molecule is Cc1ccc(C(=O)CCC(=O)NCCCOC(C)C)cc1C. The van der Waals surface area contributed by atoms with Crippen molar-refractivity contribution in [3.63, 3.8) is 0 Å². The van der Waals surface area contributed by atoms with Crippen LogP contribution in [-0.4, -0.2) is 30.9 Å². The van der Waals surface area contributed by atoms with Crippen LogP contribution in [-0.2, 0) is 9.53 Å². The largest absolute Gasteiger partial charge is 0.379 e. The van der Waals surface area contributed by atoms with Gasteiger partial charge in [0, 0.05) is 31.6 Å². The molecular formula is C18H27NO3. The molecule has 0 saturated carbocycles. The smallest absolute Gasteiger partial charge is 0.220 e. The van der Waals surface area contributed by atoms with Crippen molar-refractivity contribution in [1.29, 1.82) is 0 Å². The Hall–Kier alpha value is -1.68. The molecule has 4 nitrogen and oxygen atoms in total. The fourth-order valence-corrected chi connectivity index (χ4v) is 1.99. The van der Waals surface area contributed by atoms with E-state index in [2.05, 4.69) is 5.32 Å². The van der Waals surface area contributed by atoms with E-state index in [4.69, 9.17) is 4.74 Å². The number of rotatable bonds is 9. The van der Waals surface area contributed by atoms with Crippen molar-refractivity contribution in [2.45, 2.75) is 53.1 Å². The molecule has 22 heavy (non-hydrogen) atoms. The molecule has 1 N–H and O–H groups in total. The molecule has 0 heterocycles. The summed E-state index contributed by atoms with van der Waals surface area (Å²) in [6.45, 7) is 9.19. The van der Waals surface area contributed by atoms with Gasteiger partial charge in [-0.1, -0.05) is 12.1 Å². The lowest BCUT2D eigenvalue weighted by molar-refractivity contribution is -0.121. The van der Waals surface area contributed by atoms with Gasteiger partial charge in [0.2, 0.25) is 5.91 Å². The number of hydrogen-bond donors (Lipinski definition) is 1. The third kappa shape index (κ3) is 6.85. The van der Waals surface area contributed by atoms with Crippen LogP contribution in [0.15, 0.2) is 18.2 Å². The molecule has 4 heteroatoms. The molecule has 1 aromatic rings. The Morgan fingerprint density at radius 2 is 1.86 bits per heavy atom. The second-order valence-corrected chi connectivity index (χ2v) is 5.85. The van der Waals surface area contributed by atoms with E-state index in [1.54, 1.807) is 0 Å². The summed E-state index contributed by atoms with van der Waals surface area (Å²) < 4.78 is 5.40. The van der Waals surface area contributed by atoms with E-state index in [1.807, 2.05) is 45.9 Å². The van der Waals surface area contributed by atoms with Crippen LogP contribution >= 0.6 is 0 Å². The van der Waals surface area contributed by atoms with Crippen molar-refractivity contribution in [3.05, 3.63) is 34.9 Å². The summed E-state index contributed by atoms with van der Waals surface area (Å²) in [5, 5.41) is 2.81. The molecule has 0 fully saturated rings. The van der Waals surface area contributed by atoms with E-state index in [0.717, 1.165) is 17.5 Å². The van der Waals surface area contributed by atoms with Gasteiger partial charge in [0.15, 0.2) is 5.78 Å². The highest BCUT2D eigenvalue weighted by atomic mass is 16.5. The molecule has 122 valence electrons. The van der Waals surface area contributed by atoms with Gasteiger partial charge in [-0.15, -0.1) is 0 Å². The van der Waals surface area contributed by atoms with E-state index in [-0.39, 0.29) is 30.6 Å². The lowest BCUT2D eigenvalue weighted by atomic mass is 10.0. The number of carbonyl (C=O) groups excluding carboxylic acids is 2. The molecule has 0 aromatic heterocycles. The lowest BCUT2D eigenvalue weighted by Gasteiger charge is -2.08. The third-order valence-electron chi connectivity index (χ3n) is 3.50. The number of amides is 1. The predicted octanol–water partition coefficient (Wildman–Crippen LogP) is 3.20. The second kappa shape index (κ2) is 9.36. The quantitative estimate of drug-likeness (QED) is 0.563. The average molecular weight is 305 g/mol. The summed E-state index contributed by atoms with van der Waals surface area (Å²) >= 11 is 0. The highest BCUT2D eigenvalue weighted by Gasteiger charge is 2.10. The maximum atomic E-state index is 12.1. The third-order valence-corrected chi connectivity index (χ3v) is 3.50. The van der Waals surface area contributed by atoms with Crippen LogP contribution in [0.3, 0.4) is 0 Å². The number of ether oxygens (including phenoxy) is 1. The molecule has 0 aliphatic carbocycles. The van der Waals surface area contributed by atoms with Crippen LogP contribution in [0.5, 0.6) is 0 Å². The first-order valence-electron chi connectivity index (χ1n) is 7.89. The summed E-state index contributed by atoms with van der Waals surface area (Å²) in [5.74, 6) is -0.0666. The molecule has 0 unspecified atom stereocenters. The fourth-order valence-electron chi connectivity index (χ4n) is 1.99. The van der Waals surface area contributed by atoms with Crippen LogP contribution in [0, 0.1) is 13.8 Å². The topological polar surface area (TPSA) is 55.4 Å². The van der Waals surface area contributed by atoms with Gasteiger partial charge in [-0.05, 0) is 51.3 Å². The first-order chi connectivity index (χ1) is 10.4. The number of nitrogens with one attached hydrogen (secondary N) is 1. The maximum Gasteiger partial charge on any atom is 0.220 e. The van der Waals surface area contributed by atoms with Crippen molar-refractivity contribution >= 4 is 11.7 Å². The van der Waals surface area contributed by atoms with Gasteiger partial charge in [-0.25, -0.2) is 0 Å². The molecule has 0 radical (unpaired) electrons. The first kappa shape index (κ1) is 18.4. The monoisotopic (exact) mass is 305 g/mol. The minimum absolute atomic E-state index is 0.0152. The summed E-state index contributed by atoms with van der Waals surface area (Å²) in [6.07, 6.45) is 1.48. The Kier molecular flexibility index (Phi) is 7.82. The van der Waals surface area contributed by atoms with Crippen molar-refractivity contribution in [1.82, 2.24) is 5.32 Å². The zero-order valence-corrected chi connectivity index (χ0v) is 14.1. The molecular weight excluding hydrogens is 278 g/mol. The summed E-state index contributed by atoms with van der Waals surface area (Å²) in [5.41, 5.74) is 2.94. The van der Waals surface area contributed by atoms with Crippen LogP contribution in [0.2, 0.25) is 0 Å². The Morgan fingerprint density at radius 3 is 2.50 bits per heavy atom. The first-order valence-corrected chi connectivity index (χ1v) is 7.89. The molecule has 1 rings (SSSR count). The molecule has 0 aliphatic rings. The highest BCUT2D eigenvalue weighted by Crippen LogP contribution is 2.12. The number of benzene rings is 1. The van der Waals surface area contributed by atoms with Crippen LogP contribution < -0.4 is 5.32 Å². The van der Waals surface area contributed by atoms with E-state index < -0.39 is 0 Å². The van der Waals surface area contributed by atoms with Gasteiger partial charge in [-0.3, -0.25) is 9.59 Å². The lowest BCUT2D eigenvalue weighted by Crippen LogP contribution is -2.26. The summed E-state index contributed by atoms with van der Waals surface area (Å²) in [4.78, 5) is 23.8. The molecule has 0 spiro atoms. The van der Waals surface area contributed by atoms with E-state index >= 15 is 0 Å². The molecule has 0 bridgehead atoms. The normalized spacial score (nSPS) is 10.8. The Morgan fingerprint density at radius 1 is 1.14 bits per heavy atom. The van der Waals surface area contributed by atoms with Crippen molar-refractivity contribution in [3.8, 4) is 0 Å². The van der Waals surface area contributed by atoms with Crippen molar-refractivity contribution < 1.29 is 14.3 Å². The zero-order chi connectivity index (χ0) is 16.5. The van der Waals surface area contributed by atoms with Gasteiger partial charge in [0.1, 0.15) is 0 Å². The number of hydrogen-bond acceptors (Lipinski definition) is 3. The summed E-state index contributed by atoms with van der Waals surface area (Å²) in [7, 11) is 0. The Balaban J connectivity index is 2.25. The number of carbonyl (C=O) groups is 2. The van der Waals surface area contributed by atoms with Gasteiger partial charge < -0.3 is 10.1 Å².